The van der Waals surface area contributed by atoms with E-state index in [1.165, 1.54) is 6.20 Å². The molecule has 88 valence electrons. The van der Waals surface area contributed by atoms with Crippen LogP contribution < -0.4 is 0 Å². The van der Waals surface area contributed by atoms with E-state index in [1.54, 1.807) is 23.9 Å². The summed E-state index contributed by atoms with van der Waals surface area (Å²) < 4.78 is 1.56. The second-order valence-corrected chi connectivity index (χ2v) is 3.88. The maximum absolute atomic E-state index is 12.2. The van der Waals surface area contributed by atoms with Crippen LogP contribution in [0.5, 0.6) is 0 Å². The second-order valence-electron chi connectivity index (χ2n) is 3.48. The first-order valence-corrected chi connectivity index (χ1v) is 5.57. The van der Waals surface area contributed by atoms with Crippen LogP contribution in [-0.4, -0.2) is 25.5 Å². The number of aryl methyl sites for hydroxylation is 2. The van der Waals surface area contributed by atoms with Gasteiger partial charge in [0.05, 0.1) is 11.2 Å². The third-order valence-electron chi connectivity index (χ3n) is 2.32. The molecule has 0 aliphatic carbocycles. The maximum Gasteiger partial charge on any atom is 0.230 e. The van der Waals surface area contributed by atoms with Gasteiger partial charge in [-0.25, -0.2) is 9.97 Å². The first-order chi connectivity index (χ1) is 8.13. The number of nitrogens with zero attached hydrogens (tertiary/aromatic N) is 4. The summed E-state index contributed by atoms with van der Waals surface area (Å²) in [7, 11) is 0. The summed E-state index contributed by atoms with van der Waals surface area (Å²) in [5.74, 6) is 0.314. The molecule has 0 saturated carbocycles. The third kappa shape index (κ3) is 2.19. The molecule has 2 heterocycles. The highest BCUT2D eigenvalue weighted by atomic mass is 35.5. The van der Waals surface area contributed by atoms with E-state index >= 15 is 0 Å². The minimum absolute atomic E-state index is 0.236. The molecule has 0 atom stereocenters. The van der Waals surface area contributed by atoms with Crippen molar-refractivity contribution in [1.82, 2.24) is 19.7 Å². The van der Waals surface area contributed by atoms with Crippen LogP contribution in [0.1, 0.15) is 28.9 Å². The molecular formula is C11H11ClN4O. The lowest BCUT2D eigenvalue weighted by Crippen LogP contribution is -2.13. The summed E-state index contributed by atoms with van der Waals surface area (Å²) in [4.78, 5) is 20.3. The molecule has 0 bridgehead atoms. The smallest absolute Gasteiger partial charge is 0.230 e. The fourth-order valence-electron chi connectivity index (χ4n) is 1.53. The summed E-state index contributed by atoms with van der Waals surface area (Å²) in [6, 6.07) is 1.57. The molecule has 0 aromatic carbocycles. The van der Waals surface area contributed by atoms with Gasteiger partial charge in [-0.15, -0.1) is 0 Å². The summed E-state index contributed by atoms with van der Waals surface area (Å²) in [6.45, 7) is 4.21. The molecule has 5 nitrogen and oxygen atoms in total. The first kappa shape index (κ1) is 11.7. The van der Waals surface area contributed by atoms with Crippen LogP contribution in [0.25, 0.3) is 0 Å². The van der Waals surface area contributed by atoms with E-state index in [4.69, 9.17) is 11.6 Å². The lowest BCUT2D eigenvalue weighted by molar-refractivity contribution is 0.102. The number of carbonyl (C=O) groups is 1. The van der Waals surface area contributed by atoms with Crippen molar-refractivity contribution >= 4 is 17.4 Å². The second kappa shape index (κ2) is 4.63. The topological polar surface area (TPSA) is 60.7 Å². The van der Waals surface area contributed by atoms with E-state index in [-0.39, 0.29) is 5.78 Å². The van der Waals surface area contributed by atoms with E-state index < -0.39 is 0 Å². The first-order valence-electron chi connectivity index (χ1n) is 5.19. The lowest BCUT2D eigenvalue weighted by atomic mass is 10.2. The van der Waals surface area contributed by atoms with E-state index in [1.807, 2.05) is 6.92 Å². The molecule has 2 rings (SSSR count). The van der Waals surface area contributed by atoms with Gasteiger partial charge in [-0.3, -0.25) is 9.48 Å². The van der Waals surface area contributed by atoms with Crippen molar-refractivity contribution in [3.63, 3.8) is 0 Å². The van der Waals surface area contributed by atoms with Crippen LogP contribution in [0.2, 0.25) is 5.02 Å². The summed E-state index contributed by atoms with van der Waals surface area (Å²) in [5, 5.41) is 4.36. The van der Waals surface area contributed by atoms with Gasteiger partial charge in [0.2, 0.25) is 5.78 Å². The van der Waals surface area contributed by atoms with Crippen molar-refractivity contribution < 1.29 is 4.79 Å². The molecule has 0 aliphatic rings. The summed E-state index contributed by atoms with van der Waals surface area (Å²) in [5.41, 5.74) is 0.696. The van der Waals surface area contributed by atoms with Crippen LogP contribution in [0.3, 0.4) is 0 Å². The standard InChI is InChI=1S/C11H11ClN4O/c1-3-16-10(8(12)6-14-16)11(17)9-4-5-13-7(2)15-9/h4-6H,3H2,1-2H3. The van der Waals surface area contributed by atoms with E-state index in [2.05, 4.69) is 15.1 Å². The van der Waals surface area contributed by atoms with Gasteiger partial charge in [0.25, 0.3) is 0 Å². The van der Waals surface area contributed by atoms with Gasteiger partial charge in [0.15, 0.2) is 0 Å². The van der Waals surface area contributed by atoms with Gasteiger partial charge in [-0.2, -0.15) is 5.10 Å². The Balaban J connectivity index is 2.47. The van der Waals surface area contributed by atoms with Crippen LogP contribution in [-0.2, 0) is 6.54 Å². The van der Waals surface area contributed by atoms with Crippen molar-refractivity contribution in [2.75, 3.05) is 0 Å². The average molecular weight is 251 g/mol. The molecule has 0 amide bonds. The Morgan fingerprint density at radius 3 is 2.94 bits per heavy atom. The number of aromatic nitrogens is 4. The molecule has 0 N–H and O–H groups in total. The van der Waals surface area contributed by atoms with Crippen molar-refractivity contribution in [3.8, 4) is 0 Å². The zero-order valence-electron chi connectivity index (χ0n) is 9.51. The molecule has 0 spiro atoms. The monoisotopic (exact) mass is 250 g/mol. The maximum atomic E-state index is 12.2. The Kier molecular flexibility index (Phi) is 3.19. The Hall–Kier alpha value is -1.75. The number of hydrogen-bond donors (Lipinski definition) is 0. The molecule has 0 radical (unpaired) electrons. The van der Waals surface area contributed by atoms with Gasteiger partial charge in [-0.05, 0) is 19.9 Å². The van der Waals surface area contributed by atoms with Crippen molar-refractivity contribution in [2.45, 2.75) is 20.4 Å². The SMILES string of the molecule is CCn1ncc(Cl)c1C(=O)c1ccnc(C)n1. The fourth-order valence-corrected chi connectivity index (χ4v) is 1.76. The molecular weight excluding hydrogens is 240 g/mol. The van der Waals surface area contributed by atoms with E-state index in [0.717, 1.165) is 0 Å². The highest BCUT2D eigenvalue weighted by Gasteiger charge is 2.19. The summed E-state index contributed by atoms with van der Waals surface area (Å²) in [6.07, 6.45) is 3.02. The predicted octanol–water partition coefficient (Wildman–Crippen LogP) is 1.89. The molecule has 6 heteroatoms. The quantitative estimate of drug-likeness (QED) is 0.781. The Bertz CT molecular complexity index is 564. The van der Waals surface area contributed by atoms with Crippen molar-refractivity contribution in [3.05, 3.63) is 40.7 Å². The minimum atomic E-state index is -0.236. The van der Waals surface area contributed by atoms with Gasteiger partial charge < -0.3 is 0 Å². The number of ketones is 1. The molecule has 0 fully saturated rings. The summed E-state index contributed by atoms with van der Waals surface area (Å²) >= 11 is 5.96. The Morgan fingerprint density at radius 2 is 2.29 bits per heavy atom. The van der Waals surface area contributed by atoms with Crippen LogP contribution in [0.15, 0.2) is 18.5 Å². The largest absolute Gasteiger partial charge is 0.285 e. The molecule has 2 aromatic rings. The highest BCUT2D eigenvalue weighted by molar-refractivity contribution is 6.34. The zero-order valence-corrected chi connectivity index (χ0v) is 10.3. The number of halogens is 1. The van der Waals surface area contributed by atoms with E-state index in [9.17, 15) is 4.79 Å². The van der Waals surface area contributed by atoms with Crippen LogP contribution in [0, 0.1) is 6.92 Å². The van der Waals surface area contributed by atoms with Gasteiger partial charge in [-0.1, -0.05) is 11.6 Å². The van der Waals surface area contributed by atoms with Crippen molar-refractivity contribution in [2.24, 2.45) is 0 Å². The zero-order chi connectivity index (χ0) is 12.4. The highest BCUT2D eigenvalue weighted by Crippen LogP contribution is 2.18. The average Bonchev–Trinajstić information content (AvgIpc) is 2.69. The van der Waals surface area contributed by atoms with E-state index in [0.29, 0.717) is 28.8 Å². The number of carbonyl (C=O) groups excluding carboxylic acids is 1. The molecule has 0 saturated heterocycles. The molecule has 0 unspecified atom stereocenters. The van der Waals surface area contributed by atoms with Crippen LogP contribution in [0.4, 0.5) is 0 Å². The fraction of sp³-hybridized carbons (Fsp3) is 0.273. The van der Waals surface area contributed by atoms with Gasteiger partial charge >= 0.3 is 0 Å². The van der Waals surface area contributed by atoms with Gasteiger partial charge in [0, 0.05) is 12.7 Å². The normalized spacial score (nSPS) is 10.5. The third-order valence-corrected chi connectivity index (χ3v) is 2.59. The Labute approximate surface area is 103 Å². The number of rotatable bonds is 3. The van der Waals surface area contributed by atoms with Crippen molar-refractivity contribution in [1.29, 1.82) is 0 Å². The molecule has 0 aliphatic heterocycles. The Morgan fingerprint density at radius 1 is 1.53 bits per heavy atom. The molecule has 2 aromatic heterocycles. The molecule has 17 heavy (non-hydrogen) atoms. The predicted molar refractivity (Wildman–Crippen MR) is 63.1 cm³/mol. The van der Waals surface area contributed by atoms with Crippen LogP contribution >= 0.6 is 11.6 Å². The number of hydrogen-bond acceptors (Lipinski definition) is 4. The lowest BCUT2D eigenvalue weighted by Gasteiger charge is -2.04. The minimum Gasteiger partial charge on any atom is -0.285 e. The van der Waals surface area contributed by atoms with Gasteiger partial charge in [0.1, 0.15) is 17.2 Å².